The van der Waals surface area contributed by atoms with Crippen molar-refractivity contribution >= 4 is 22.6 Å². The van der Waals surface area contributed by atoms with Gasteiger partial charge in [-0.15, -0.1) is 0 Å². The van der Waals surface area contributed by atoms with Gasteiger partial charge in [0.25, 0.3) is 5.91 Å². The molecule has 0 fully saturated rings. The number of esters is 1. The third kappa shape index (κ3) is 3.47. The van der Waals surface area contributed by atoms with Crippen LogP contribution in [0.2, 0.25) is 0 Å². The summed E-state index contributed by atoms with van der Waals surface area (Å²) in [6.45, 7) is -0.385. The molecule has 0 unspecified atom stereocenters. The smallest absolute Gasteiger partial charge is 0.310 e. The maximum Gasteiger partial charge on any atom is 0.310 e. The molecular weight excluding hydrogens is 258 g/mol. The highest BCUT2D eigenvalue weighted by Gasteiger charge is 2.07. The van der Waals surface area contributed by atoms with Crippen molar-refractivity contribution < 1.29 is 19.1 Å². The molecule has 0 saturated heterocycles. The monoisotopic (exact) mass is 273 g/mol. The van der Waals surface area contributed by atoms with Gasteiger partial charge in [0.15, 0.2) is 6.61 Å². The van der Waals surface area contributed by atoms with Crippen LogP contribution in [-0.4, -0.2) is 25.6 Å². The number of amides is 1. The quantitative estimate of drug-likeness (QED) is 0.836. The van der Waals surface area contributed by atoms with Gasteiger partial charge in [0.1, 0.15) is 5.75 Å². The molecule has 1 amide bonds. The molecule has 0 saturated carbocycles. The number of benzene rings is 2. The predicted molar refractivity (Wildman–Crippen MR) is 74.4 cm³/mol. The van der Waals surface area contributed by atoms with Crippen LogP contribution < -0.4 is 10.5 Å². The zero-order valence-electron chi connectivity index (χ0n) is 11.1. The van der Waals surface area contributed by atoms with Crippen molar-refractivity contribution in [1.82, 2.24) is 0 Å². The Bertz CT molecular complexity index is 651. The van der Waals surface area contributed by atoms with Gasteiger partial charge in [-0.1, -0.05) is 24.3 Å². The normalized spacial score (nSPS) is 10.2. The molecule has 0 aliphatic heterocycles. The van der Waals surface area contributed by atoms with E-state index in [9.17, 15) is 9.59 Å². The van der Waals surface area contributed by atoms with Crippen LogP contribution in [-0.2, 0) is 20.7 Å². The molecule has 0 spiro atoms. The van der Waals surface area contributed by atoms with E-state index in [4.69, 9.17) is 15.2 Å². The highest BCUT2D eigenvalue weighted by molar-refractivity contribution is 5.86. The SMILES string of the molecule is COc1ccc2cc(CC(=O)OCC(N)=O)ccc2c1. The number of primary amides is 1. The van der Waals surface area contributed by atoms with Gasteiger partial charge in [-0.3, -0.25) is 9.59 Å². The standard InChI is InChI=1S/C15H15NO4/c1-19-13-5-4-11-6-10(2-3-12(11)8-13)7-15(18)20-9-14(16)17/h2-6,8H,7,9H2,1H3,(H2,16,17). The number of ether oxygens (including phenoxy) is 2. The fourth-order valence-electron chi connectivity index (χ4n) is 1.88. The Balaban J connectivity index is 2.11. The molecule has 0 heterocycles. The molecule has 0 radical (unpaired) electrons. The van der Waals surface area contributed by atoms with Crippen molar-refractivity contribution in [2.24, 2.45) is 5.73 Å². The van der Waals surface area contributed by atoms with Crippen LogP contribution in [0.5, 0.6) is 5.75 Å². The van der Waals surface area contributed by atoms with Gasteiger partial charge >= 0.3 is 5.97 Å². The zero-order chi connectivity index (χ0) is 14.5. The molecule has 0 aliphatic carbocycles. The Morgan fingerprint density at radius 3 is 2.50 bits per heavy atom. The molecule has 2 N–H and O–H groups in total. The van der Waals surface area contributed by atoms with Gasteiger partial charge in [-0.05, 0) is 28.5 Å². The van der Waals surface area contributed by atoms with Crippen LogP contribution in [0.25, 0.3) is 10.8 Å². The summed E-state index contributed by atoms with van der Waals surface area (Å²) < 4.78 is 9.88. The molecule has 5 nitrogen and oxygen atoms in total. The van der Waals surface area contributed by atoms with Gasteiger partial charge < -0.3 is 15.2 Å². The van der Waals surface area contributed by atoms with Crippen molar-refractivity contribution in [2.75, 3.05) is 13.7 Å². The second kappa shape index (κ2) is 6.06. The number of methoxy groups -OCH3 is 1. The summed E-state index contributed by atoms with van der Waals surface area (Å²) in [7, 11) is 1.62. The molecule has 20 heavy (non-hydrogen) atoms. The molecule has 0 bridgehead atoms. The first-order valence-electron chi connectivity index (χ1n) is 6.09. The third-order valence-corrected chi connectivity index (χ3v) is 2.84. The van der Waals surface area contributed by atoms with E-state index < -0.39 is 11.9 Å². The summed E-state index contributed by atoms with van der Waals surface area (Å²) >= 11 is 0. The summed E-state index contributed by atoms with van der Waals surface area (Å²) in [6.07, 6.45) is 0.106. The van der Waals surface area contributed by atoms with E-state index in [2.05, 4.69) is 0 Å². The maximum absolute atomic E-state index is 11.5. The zero-order valence-corrected chi connectivity index (χ0v) is 11.1. The number of carbonyl (C=O) groups is 2. The van der Waals surface area contributed by atoms with Gasteiger partial charge in [-0.2, -0.15) is 0 Å². The maximum atomic E-state index is 11.5. The van der Waals surface area contributed by atoms with Crippen molar-refractivity contribution in [3.8, 4) is 5.75 Å². The minimum Gasteiger partial charge on any atom is -0.497 e. The van der Waals surface area contributed by atoms with Crippen LogP contribution in [0, 0.1) is 0 Å². The summed E-state index contributed by atoms with van der Waals surface area (Å²) in [5, 5.41) is 2.03. The lowest BCUT2D eigenvalue weighted by Crippen LogP contribution is -2.21. The number of nitrogens with two attached hydrogens (primary N) is 1. The predicted octanol–water partition coefficient (Wildman–Crippen LogP) is 1.42. The third-order valence-electron chi connectivity index (χ3n) is 2.84. The Hall–Kier alpha value is -2.56. The summed E-state index contributed by atoms with van der Waals surface area (Å²) in [5.74, 6) is -0.355. The lowest BCUT2D eigenvalue weighted by Gasteiger charge is -2.06. The number of carbonyl (C=O) groups excluding carboxylic acids is 2. The Kier molecular flexibility index (Phi) is 4.20. The van der Waals surface area contributed by atoms with E-state index in [1.54, 1.807) is 7.11 Å². The first-order valence-corrected chi connectivity index (χ1v) is 6.09. The fraction of sp³-hybridized carbons (Fsp3) is 0.200. The van der Waals surface area contributed by atoms with Crippen LogP contribution in [0.1, 0.15) is 5.56 Å². The molecule has 0 aliphatic rings. The van der Waals surface area contributed by atoms with E-state index in [0.29, 0.717) is 0 Å². The molecule has 2 rings (SSSR count). The molecule has 2 aromatic carbocycles. The number of rotatable bonds is 5. The van der Waals surface area contributed by atoms with Gasteiger partial charge in [0.2, 0.25) is 0 Å². The highest BCUT2D eigenvalue weighted by Crippen LogP contribution is 2.22. The van der Waals surface area contributed by atoms with Crippen molar-refractivity contribution in [3.05, 3.63) is 42.0 Å². The molecule has 5 heteroatoms. The summed E-state index contributed by atoms with van der Waals surface area (Å²) in [6, 6.07) is 11.4. The second-order valence-electron chi connectivity index (χ2n) is 4.35. The second-order valence-corrected chi connectivity index (χ2v) is 4.35. The summed E-state index contributed by atoms with van der Waals surface area (Å²) in [5.41, 5.74) is 5.72. The van der Waals surface area contributed by atoms with E-state index in [1.165, 1.54) is 0 Å². The van der Waals surface area contributed by atoms with Gasteiger partial charge in [0, 0.05) is 0 Å². The molecule has 104 valence electrons. The highest BCUT2D eigenvalue weighted by atomic mass is 16.5. The van der Waals surface area contributed by atoms with Gasteiger partial charge in [0.05, 0.1) is 13.5 Å². The van der Waals surface area contributed by atoms with Crippen LogP contribution in [0.3, 0.4) is 0 Å². The lowest BCUT2D eigenvalue weighted by molar-refractivity contribution is -0.147. The molecule has 2 aromatic rings. The van der Waals surface area contributed by atoms with Crippen molar-refractivity contribution in [3.63, 3.8) is 0 Å². The summed E-state index contributed by atoms with van der Waals surface area (Å²) in [4.78, 5) is 22.0. The lowest BCUT2D eigenvalue weighted by atomic mass is 10.0. The average Bonchev–Trinajstić information content (AvgIpc) is 2.44. The van der Waals surface area contributed by atoms with Crippen LogP contribution >= 0.6 is 0 Å². The Labute approximate surface area is 116 Å². The first kappa shape index (κ1) is 13.9. The fourth-order valence-corrected chi connectivity index (χ4v) is 1.88. The topological polar surface area (TPSA) is 78.6 Å². The average molecular weight is 273 g/mol. The van der Waals surface area contributed by atoms with E-state index >= 15 is 0 Å². The Morgan fingerprint density at radius 2 is 1.80 bits per heavy atom. The molecule has 0 atom stereocenters. The van der Waals surface area contributed by atoms with E-state index in [-0.39, 0.29) is 13.0 Å². The number of hydrogen-bond acceptors (Lipinski definition) is 4. The molecule has 0 aromatic heterocycles. The minimum absolute atomic E-state index is 0.106. The number of fused-ring (bicyclic) bond motifs is 1. The van der Waals surface area contributed by atoms with Crippen molar-refractivity contribution in [1.29, 1.82) is 0 Å². The number of hydrogen-bond donors (Lipinski definition) is 1. The minimum atomic E-state index is -0.663. The van der Waals surface area contributed by atoms with Crippen LogP contribution in [0.4, 0.5) is 0 Å². The Morgan fingerprint density at radius 1 is 1.10 bits per heavy atom. The van der Waals surface area contributed by atoms with E-state index in [0.717, 1.165) is 22.1 Å². The molecular formula is C15H15NO4. The van der Waals surface area contributed by atoms with Crippen LogP contribution in [0.15, 0.2) is 36.4 Å². The largest absolute Gasteiger partial charge is 0.497 e. The van der Waals surface area contributed by atoms with Crippen molar-refractivity contribution in [2.45, 2.75) is 6.42 Å². The van der Waals surface area contributed by atoms with Gasteiger partial charge in [-0.25, -0.2) is 0 Å². The first-order chi connectivity index (χ1) is 9.58. The van der Waals surface area contributed by atoms with E-state index in [1.807, 2.05) is 36.4 Å².